The van der Waals surface area contributed by atoms with Gasteiger partial charge >= 0.3 is 11.0 Å². The number of rotatable bonds is 0. The molecular formula is C2F6HgO6S2-2. The third kappa shape index (κ3) is 9.99. The van der Waals surface area contributed by atoms with Crippen molar-refractivity contribution in [3.63, 3.8) is 0 Å². The molecule has 0 aliphatic rings. The average molecular weight is 499 g/mol. The molecule has 0 aromatic heterocycles. The standard InChI is InChI=1S/2CHF3O3S.Hg/c2*2-1(3,4)8(5,6)7;/h2*(H,5,6,7);/p-2. The Morgan fingerprint density at radius 2 is 0.706 bits per heavy atom. The molecule has 0 spiro atoms. The molecule has 0 aliphatic heterocycles. The van der Waals surface area contributed by atoms with Gasteiger partial charge in [0.05, 0.1) is 0 Å². The Hall–Kier alpha value is 0.335. The van der Waals surface area contributed by atoms with Crippen molar-refractivity contribution < 1.29 is 80.0 Å². The van der Waals surface area contributed by atoms with Gasteiger partial charge in [0, 0.05) is 27.7 Å². The van der Waals surface area contributed by atoms with Crippen molar-refractivity contribution in [1.82, 2.24) is 0 Å². The molecule has 0 aliphatic carbocycles. The maximum Gasteiger partial charge on any atom is 0.485 e. The monoisotopic (exact) mass is 500 g/mol. The number of hydrogen-bond acceptors (Lipinski definition) is 6. The van der Waals surface area contributed by atoms with Gasteiger partial charge in [0.15, 0.2) is 20.2 Å². The van der Waals surface area contributed by atoms with Gasteiger partial charge in [-0.15, -0.1) is 0 Å². The quantitative estimate of drug-likeness (QED) is 0.203. The normalized spacial score (nSPS) is 13.2. The van der Waals surface area contributed by atoms with Crippen LogP contribution in [0.25, 0.3) is 0 Å². The summed E-state index contributed by atoms with van der Waals surface area (Å²) in [5.74, 6) is 0. The van der Waals surface area contributed by atoms with Crippen LogP contribution in [0, 0.1) is 0 Å². The first-order valence-electron chi connectivity index (χ1n) is 2.54. The molecule has 0 saturated carbocycles. The zero-order valence-corrected chi connectivity index (χ0v) is 14.4. The molecule has 102 valence electrons. The summed E-state index contributed by atoms with van der Waals surface area (Å²) in [4.78, 5) is 0. The van der Waals surface area contributed by atoms with E-state index in [0.717, 1.165) is 0 Å². The summed E-state index contributed by atoms with van der Waals surface area (Å²) in [7, 11) is -12.2. The van der Waals surface area contributed by atoms with Crippen LogP contribution in [0.5, 0.6) is 0 Å². The van der Waals surface area contributed by atoms with Gasteiger partial charge in [-0.3, -0.25) is 0 Å². The van der Waals surface area contributed by atoms with E-state index in [0.29, 0.717) is 0 Å². The molecule has 0 radical (unpaired) electrons. The van der Waals surface area contributed by atoms with E-state index in [1.54, 1.807) is 0 Å². The maximum absolute atomic E-state index is 10.7. The Morgan fingerprint density at radius 3 is 0.706 bits per heavy atom. The van der Waals surface area contributed by atoms with Crippen LogP contribution in [0.3, 0.4) is 0 Å². The summed E-state index contributed by atoms with van der Waals surface area (Å²) >= 11 is 0. The van der Waals surface area contributed by atoms with E-state index in [2.05, 4.69) is 0 Å². The van der Waals surface area contributed by atoms with Crippen LogP contribution < -0.4 is 0 Å². The van der Waals surface area contributed by atoms with Crippen LogP contribution in [-0.2, 0) is 47.9 Å². The van der Waals surface area contributed by atoms with Crippen molar-refractivity contribution >= 4 is 20.2 Å². The van der Waals surface area contributed by atoms with Crippen LogP contribution in [0.2, 0.25) is 0 Å². The molecule has 0 fully saturated rings. The van der Waals surface area contributed by atoms with Gasteiger partial charge < -0.3 is 9.11 Å². The van der Waals surface area contributed by atoms with Crippen LogP contribution >= 0.6 is 0 Å². The van der Waals surface area contributed by atoms with Crippen molar-refractivity contribution in [2.24, 2.45) is 0 Å². The van der Waals surface area contributed by atoms with Gasteiger partial charge in [0.2, 0.25) is 0 Å². The Labute approximate surface area is 111 Å². The summed E-state index contributed by atoms with van der Waals surface area (Å²) in [6, 6.07) is 0. The summed E-state index contributed by atoms with van der Waals surface area (Å²) in [5, 5.41) is 0. The minimum absolute atomic E-state index is 0. The van der Waals surface area contributed by atoms with Crippen molar-refractivity contribution in [1.29, 1.82) is 0 Å². The second-order valence-corrected chi connectivity index (χ2v) is 4.54. The third-order valence-electron chi connectivity index (χ3n) is 0.567. The van der Waals surface area contributed by atoms with Crippen LogP contribution in [-0.4, -0.2) is 37.0 Å². The number of halogens is 6. The topological polar surface area (TPSA) is 114 Å². The minimum Gasteiger partial charge on any atom is -0.741 e. The molecular weight excluding hydrogens is 499 g/mol. The Balaban J connectivity index is -0.000000218. The molecule has 0 atom stereocenters. The van der Waals surface area contributed by atoms with E-state index in [9.17, 15) is 26.3 Å². The molecule has 0 bridgehead atoms. The third-order valence-corrected chi connectivity index (χ3v) is 1.70. The molecule has 0 N–H and O–H groups in total. The molecule has 0 aromatic rings. The van der Waals surface area contributed by atoms with Crippen molar-refractivity contribution in [3.8, 4) is 0 Å². The fourth-order valence-electron chi connectivity index (χ4n) is 0. The molecule has 0 rings (SSSR count). The summed E-state index contributed by atoms with van der Waals surface area (Å²) in [6.45, 7) is 0. The van der Waals surface area contributed by atoms with Gasteiger partial charge in [-0.05, 0) is 0 Å². The van der Waals surface area contributed by atoms with E-state index in [1.165, 1.54) is 0 Å². The van der Waals surface area contributed by atoms with Crippen LogP contribution in [0.15, 0.2) is 0 Å². The maximum atomic E-state index is 10.7. The predicted molar refractivity (Wildman–Crippen MR) is 31.5 cm³/mol. The second-order valence-electron chi connectivity index (χ2n) is 1.80. The largest absolute Gasteiger partial charge is 0.741 e. The smallest absolute Gasteiger partial charge is 0.485 e. The van der Waals surface area contributed by atoms with Gasteiger partial charge in [-0.1, -0.05) is 0 Å². The van der Waals surface area contributed by atoms with Crippen LogP contribution in [0.4, 0.5) is 26.3 Å². The number of alkyl halides is 6. The fraction of sp³-hybridized carbons (Fsp3) is 1.00. The molecule has 6 nitrogen and oxygen atoms in total. The van der Waals surface area contributed by atoms with Gasteiger partial charge in [0.25, 0.3) is 0 Å². The molecule has 0 heterocycles. The number of hydrogen-bond donors (Lipinski definition) is 0. The van der Waals surface area contributed by atoms with E-state index < -0.39 is 31.3 Å². The Morgan fingerprint density at radius 1 is 0.647 bits per heavy atom. The summed E-state index contributed by atoms with van der Waals surface area (Å²) < 4.78 is 118. The van der Waals surface area contributed by atoms with E-state index in [-0.39, 0.29) is 27.7 Å². The fourth-order valence-corrected chi connectivity index (χ4v) is 0. The zero-order chi connectivity index (χ0) is 14.0. The first-order valence-corrected chi connectivity index (χ1v) is 5.36. The second kappa shape index (κ2) is 6.49. The SMILES string of the molecule is O=S(=O)([O-])C(F)(F)F.O=S(=O)([O-])C(F)(F)F.[Hg]. The van der Waals surface area contributed by atoms with Crippen molar-refractivity contribution in [2.45, 2.75) is 11.0 Å². The van der Waals surface area contributed by atoms with E-state index in [4.69, 9.17) is 25.9 Å². The average Bonchev–Trinajstić information content (AvgIpc) is 1.77. The minimum atomic E-state index is -6.09. The molecule has 17 heavy (non-hydrogen) atoms. The van der Waals surface area contributed by atoms with Crippen LogP contribution in [0.1, 0.15) is 0 Å². The zero-order valence-electron chi connectivity index (χ0n) is 7.24. The van der Waals surface area contributed by atoms with Gasteiger partial charge in [-0.2, -0.15) is 26.3 Å². The molecule has 0 amide bonds. The summed E-state index contributed by atoms with van der Waals surface area (Å²) in [6.07, 6.45) is 0. The Bertz CT molecular complexity index is 374. The summed E-state index contributed by atoms with van der Waals surface area (Å²) in [5.41, 5.74) is -11.3. The Kier molecular flexibility index (Phi) is 8.59. The molecule has 0 aromatic carbocycles. The predicted octanol–water partition coefficient (Wildman–Crippen LogP) is 0.100. The molecule has 0 saturated heterocycles. The van der Waals surface area contributed by atoms with E-state index >= 15 is 0 Å². The molecule has 0 unspecified atom stereocenters. The first kappa shape index (κ1) is 22.5. The molecule has 15 heteroatoms. The van der Waals surface area contributed by atoms with Gasteiger partial charge in [-0.25, -0.2) is 16.8 Å². The first-order chi connectivity index (χ1) is 6.50. The van der Waals surface area contributed by atoms with Crippen molar-refractivity contribution in [2.75, 3.05) is 0 Å². The van der Waals surface area contributed by atoms with Crippen molar-refractivity contribution in [3.05, 3.63) is 0 Å². The van der Waals surface area contributed by atoms with E-state index in [1.807, 2.05) is 0 Å². The van der Waals surface area contributed by atoms with Gasteiger partial charge in [0.1, 0.15) is 0 Å².